The van der Waals surface area contributed by atoms with Crippen molar-refractivity contribution in [3.05, 3.63) is 18.0 Å². The molecule has 0 saturated carbocycles. The zero-order valence-electron chi connectivity index (χ0n) is 10.2. The summed E-state index contributed by atoms with van der Waals surface area (Å²) in [5, 5.41) is 9.21. The van der Waals surface area contributed by atoms with Crippen LogP contribution in [0, 0.1) is 0 Å². The maximum Gasteiger partial charge on any atom is 0.270 e. The molecule has 0 atom stereocenters. The van der Waals surface area contributed by atoms with Crippen LogP contribution in [-0.4, -0.2) is 39.7 Å². The van der Waals surface area contributed by atoms with Gasteiger partial charge in [0.25, 0.3) is 5.91 Å². The Kier molecular flexibility index (Phi) is 3.28. The van der Waals surface area contributed by atoms with Crippen LogP contribution >= 0.6 is 0 Å². The van der Waals surface area contributed by atoms with Gasteiger partial charge in [-0.3, -0.25) is 4.79 Å². The van der Waals surface area contributed by atoms with Crippen molar-refractivity contribution in [2.75, 3.05) is 19.4 Å². The molecule has 1 aromatic rings. The number of aryl methyl sites for hydroxylation is 1. The highest BCUT2D eigenvalue weighted by molar-refractivity contribution is 5.94. The van der Waals surface area contributed by atoms with Crippen molar-refractivity contribution < 1.29 is 9.90 Å². The number of nitrogens with zero attached hydrogens (tertiary/aromatic N) is 2. The lowest BCUT2D eigenvalue weighted by Gasteiger charge is -2.33. The molecule has 1 amide bonds. The molecule has 5 heteroatoms. The van der Waals surface area contributed by atoms with Gasteiger partial charge in [-0.05, 0) is 19.9 Å². The number of aliphatic hydroxyl groups excluding tert-OH is 1. The molecule has 0 radical (unpaired) electrons. The van der Waals surface area contributed by atoms with Crippen LogP contribution in [0.5, 0.6) is 0 Å². The molecule has 0 aliphatic rings. The fourth-order valence-corrected chi connectivity index (χ4v) is 1.36. The average Bonchev–Trinajstić information content (AvgIpc) is 2.55. The van der Waals surface area contributed by atoms with E-state index in [2.05, 4.69) is 0 Å². The number of carbonyl (C=O) groups is 1. The first kappa shape index (κ1) is 12.6. The zero-order chi connectivity index (χ0) is 12.5. The number of hydrogen-bond donors (Lipinski definition) is 2. The fourth-order valence-electron chi connectivity index (χ4n) is 1.36. The van der Waals surface area contributed by atoms with Crippen molar-refractivity contribution >= 4 is 11.6 Å². The van der Waals surface area contributed by atoms with Crippen molar-refractivity contribution in [1.29, 1.82) is 0 Å². The number of aromatic nitrogens is 1. The number of anilines is 1. The monoisotopic (exact) mass is 225 g/mol. The smallest absolute Gasteiger partial charge is 0.270 e. The molecule has 0 unspecified atom stereocenters. The second-order valence-corrected chi connectivity index (χ2v) is 4.60. The Hall–Kier alpha value is -1.49. The maximum atomic E-state index is 12.1. The third kappa shape index (κ3) is 2.19. The Morgan fingerprint density at radius 1 is 1.62 bits per heavy atom. The van der Waals surface area contributed by atoms with E-state index in [-0.39, 0.29) is 12.5 Å². The molecule has 0 fully saturated rings. The lowest BCUT2D eigenvalue weighted by atomic mass is 10.0. The summed E-state index contributed by atoms with van der Waals surface area (Å²) in [6.07, 6.45) is 1.69. The van der Waals surface area contributed by atoms with E-state index in [1.54, 1.807) is 44.8 Å². The summed E-state index contributed by atoms with van der Waals surface area (Å²) in [7, 11) is 3.44. The van der Waals surface area contributed by atoms with Gasteiger partial charge < -0.3 is 20.3 Å². The largest absolute Gasteiger partial charge is 0.397 e. The average molecular weight is 225 g/mol. The molecule has 3 N–H and O–H groups in total. The van der Waals surface area contributed by atoms with E-state index in [1.165, 1.54) is 4.90 Å². The molecule has 0 spiro atoms. The molecule has 1 rings (SSSR count). The first-order valence-electron chi connectivity index (χ1n) is 5.10. The highest BCUT2D eigenvalue weighted by Crippen LogP contribution is 2.17. The van der Waals surface area contributed by atoms with Crippen molar-refractivity contribution in [1.82, 2.24) is 9.47 Å². The Balaban J connectivity index is 2.99. The number of rotatable bonds is 3. The number of hydrogen-bond acceptors (Lipinski definition) is 3. The van der Waals surface area contributed by atoms with Gasteiger partial charge in [0.1, 0.15) is 5.69 Å². The van der Waals surface area contributed by atoms with Crippen molar-refractivity contribution in [2.45, 2.75) is 19.4 Å². The summed E-state index contributed by atoms with van der Waals surface area (Å²) in [5.74, 6) is -0.154. The Bertz CT molecular complexity index is 396. The van der Waals surface area contributed by atoms with E-state index < -0.39 is 5.54 Å². The predicted octanol–water partition coefficient (Wildman–Crippen LogP) is 0.450. The number of amides is 1. The van der Waals surface area contributed by atoms with Crippen molar-refractivity contribution in [3.63, 3.8) is 0 Å². The molecule has 90 valence electrons. The van der Waals surface area contributed by atoms with E-state index in [0.717, 1.165) is 0 Å². The first-order valence-corrected chi connectivity index (χ1v) is 5.10. The number of aliphatic hydroxyl groups is 1. The molecular weight excluding hydrogens is 206 g/mol. The molecule has 0 aliphatic heterocycles. The molecule has 0 bridgehead atoms. The van der Waals surface area contributed by atoms with Crippen LogP contribution in [0.25, 0.3) is 0 Å². The normalized spacial score (nSPS) is 11.6. The lowest BCUT2D eigenvalue weighted by molar-refractivity contribution is 0.0464. The predicted molar refractivity (Wildman–Crippen MR) is 63.1 cm³/mol. The highest BCUT2D eigenvalue weighted by atomic mass is 16.3. The number of nitrogens with two attached hydrogens (primary N) is 1. The van der Waals surface area contributed by atoms with Crippen LogP contribution in [0.15, 0.2) is 12.3 Å². The van der Waals surface area contributed by atoms with Crippen LogP contribution in [0.1, 0.15) is 24.3 Å². The van der Waals surface area contributed by atoms with Crippen LogP contribution in [0.3, 0.4) is 0 Å². The summed E-state index contributed by atoms with van der Waals surface area (Å²) >= 11 is 0. The number of likely N-dealkylation sites (N-methyl/N-ethyl adjacent to an activating group) is 1. The van der Waals surface area contributed by atoms with Gasteiger partial charge in [-0.15, -0.1) is 0 Å². The lowest BCUT2D eigenvalue weighted by Crippen LogP contribution is -2.48. The van der Waals surface area contributed by atoms with Gasteiger partial charge in [0.15, 0.2) is 0 Å². The Labute approximate surface area is 95.5 Å². The van der Waals surface area contributed by atoms with Gasteiger partial charge in [-0.2, -0.15) is 0 Å². The first-order chi connectivity index (χ1) is 7.29. The van der Waals surface area contributed by atoms with Crippen LogP contribution in [-0.2, 0) is 7.05 Å². The molecule has 16 heavy (non-hydrogen) atoms. The van der Waals surface area contributed by atoms with Crippen LogP contribution < -0.4 is 5.73 Å². The minimum absolute atomic E-state index is 0.0881. The molecule has 1 aromatic heterocycles. The fraction of sp³-hybridized carbons (Fsp3) is 0.545. The summed E-state index contributed by atoms with van der Waals surface area (Å²) in [6, 6.07) is 1.63. The van der Waals surface area contributed by atoms with Gasteiger partial charge >= 0.3 is 0 Å². The quantitative estimate of drug-likeness (QED) is 0.784. The Morgan fingerprint density at radius 2 is 2.19 bits per heavy atom. The molecule has 0 saturated heterocycles. The van der Waals surface area contributed by atoms with Gasteiger partial charge in [0, 0.05) is 20.3 Å². The van der Waals surface area contributed by atoms with E-state index in [4.69, 9.17) is 5.73 Å². The molecule has 0 aromatic carbocycles. The molecule has 5 nitrogen and oxygen atoms in total. The van der Waals surface area contributed by atoms with Gasteiger partial charge in [0.05, 0.1) is 17.8 Å². The Morgan fingerprint density at radius 3 is 2.56 bits per heavy atom. The molecule has 0 aliphatic carbocycles. The van der Waals surface area contributed by atoms with Gasteiger partial charge in [-0.1, -0.05) is 0 Å². The third-order valence-corrected chi connectivity index (χ3v) is 2.84. The SMILES string of the molecule is CN(C(=O)c1cc(N)cn1C)C(C)(C)CO. The van der Waals surface area contributed by atoms with E-state index in [9.17, 15) is 9.90 Å². The standard InChI is InChI=1S/C11H19N3O2/c1-11(2,7-15)14(4)10(16)9-5-8(12)6-13(9)3/h5-6,15H,7,12H2,1-4H3. The van der Waals surface area contributed by atoms with E-state index in [1.807, 2.05) is 0 Å². The second kappa shape index (κ2) is 4.17. The van der Waals surface area contributed by atoms with Crippen LogP contribution in [0.4, 0.5) is 5.69 Å². The van der Waals surface area contributed by atoms with Gasteiger partial charge in [0.2, 0.25) is 0 Å². The van der Waals surface area contributed by atoms with Crippen LogP contribution in [0.2, 0.25) is 0 Å². The zero-order valence-corrected chi connectivity index (χ0v) is 10.2. The maximum absolute atomic E-state index is 12.1. The highest BCUT2D eigenvalue weighted by Gasteiger charge is 2.28. The number of carbonyl (C=O) groups excluding carboxylic acids is 1. The topological polar surface area (TPSA) is 71.5 Å². The summed E-state index contributed by atoms with van der Waals surface area (Å²) in [4.78, 5) is 13.6. The second-order valence-electron chi connectivity index (χ2n) is 4.60. The summed E-state index contributed by atoms with van der Waals surface area (Å²) in [5.41, 5.74) is 6.10. The minimum Gasteiger partial charge on any atom is -0.397 e. The van der Waals surface area contributed by atoms with E-state index in [0.29, 0.717) is 11.4 Å². The minimum atomic E-state index is -0.587. The summed E-state index contributed by atoms with van der Waals surface area (Å²) < 4.78 is 1.68. The van der Waals surface area contributed by atoms with Gasteiger partial charge in [-0.25, -0.2) is 0 Å². The van der Waals surface area contributed by atoms with Crippen molar-refractivity contribution in [3.8, 4) is 0 Å². The summed E-state index contributed by atoms with van der Waals surface area (Å²) in [6.45, 7) is 3.52. The molecular formula is C11H19N3O2. The molecule has 1 heterocycles. The van der Waals surface area contributed by atoms with E-state index >= 15 is 0 Å². The number of nitrogen functional groups attached to an aromatic ring is 1. The third-order valence-electron chi connectivity index (χ3n) is 2.84. The van der Waals surface area contributed by atoms with Crippen molar-refractivity contribution in [2.24, 2.45) is 7.05 Å².